The van der Waals surface area contributed by atoms with Crippen molar-refractivity contribution in [2.45, 2.75) is 13.3 Å². The average Bonchev–Trinajstić information content (AvgIpc) is 2.75. The number of nitrogens with zero attached hydrogens (tertiary/aromatic N) is 1. The van der Waals surface area contributed by atoms with Gasteiger partial charge >= 0.3 is 5.97 Å². The summed E-state index contributed by atoms with van der Waals surface area (Å²) in [6.07, 6.45) is 0.0568. The number of carbonyl (C=O) groups excluding carboxylic acids is 2. The van der Waals surface area contributed by atoms with E-state index in [0.717, 1.165) is 5.56 Å². The molecule has 2 rings (SSSR count). The van der Waals surface area contributed by atoms with Crippen molar-refractivity contribution >= 4 is 33.5 Å². The molecule has 1 fully saturated rings. The van der Waals surface area contributed by atoms with Gasteiger partial charge in [0.05, 0.1) is 18.7 Å². The van der Waals surface area contributed by atoms with Gasteiger partial charge in [0.15, 0.2) is 0 Å². The van der Waals surface area contributed by atoms with E-state index in [4.69, 9.17) is 0 Å². The van der Waals surface area contributed by atoms with Gasteiger partial charge in [-0.15, -0.1) is 0 Å². The Morgan fingerprint density at radius 3 is 2.84 bits per heavy atom. The van der Waals surface area contributed by atoms with E-state index in [9.17, 15) is 14.0 Å². The van der Waals surface area contributed by atoms with Crippen LogP contribution in [0.3, 0.4) is 0 Å². The molecule has 1 heterocycles. The van der Waals surface area contributed by atoms with Crippen LogP contribution in [0.5, 0.6) is 0 Å². The fourth-order valence-corrected chi connectivity index (χ4v) is 2.43. The van der Waals surface area contributed by atoms with Crippen LogP contribution in [0.4, 0.5) is 10.1 Å². The third-order valence-electron chi connectivity index (χ3n) is 3.18. The molecule has 1 aliphatic heterocycles. The number of halogens is 2. The number of aryl methyl sites for hydroxylation is 1. The normalized spacial score (nSPS) is 18.8. The van der Waals surface area contributed by atoms with Gasteiger partial charge in [-0.25, -0.2) is 4.39 Å². The highest BCUT2D eigenvalue weighted by Crippen LogP contribution is 2.31. The first-order valence-corrected chi connectivity index (χ1v) is 6.57. The van der Waals surface area contributed by atoms with E-state index in [1.54, 1.807) is 6.07 Å². The van der Waals surface area contributed by atoms with Gasteiger partial charge in [-0.05, 0) is 24.6 Å². The molecule has 1 aliphatic rings. The summed E-state index contributed by atoms with van der Waals surface area (Å²) in [6, 6.07) is 2.92. The van der Waals surface area contributed by atoms with Crippen LogP contribution in [0, 0.1) is 18.7 Å². The highest BCUT2D eigenvalue weighted by atomic mass is 79.9. The predicted molar refractivity (Wildman–Crippen MR) is 71.3 cm³/mol. The van der Waals surface area contributed by atoms with Gasteiger partial charge in [-0.3, -0.25) is 9.59 Å². The summed E-state index contributed by atoms with van der Waals surface area (Å²) in [5, 5.41) is 0. The molecule has 0 spiro atoms. The summed E-state index contributed by atoms with van der Waals surface area (Å²) in [5.74, 6) is -1.72. The van der Waals surface area contributed by atoms with E-state index in [2.05, 4.69) is 20.7 Å². The number of carbonyl (C=O) groups is 2. The molecular weight excluding hydrogens is 317 g/mol. The van der Waals surface area contributed by atoms with Gasteiger partial charge in [-0.2, -0.15) is 0 Å². The van der Waals surface area contributed by atoms with Gasteiger partial charge in [0.2, 0.25) is 5.91 Å². The molecule has 1 amide bonds. The molecule has 0 N–H and O–H groups in total. The second-order valence-electron chi connectivity index (χ2n) is 4.48. The van der Waals surface area contributed by atoms with Gasteiger partial charge in [0.1, 0.15) is 5.82 Å². The summed E-state index contributed by atoms with van der Waals surface area (Å²) in [7, 11) is 1.28. The lowest BCUT2D eigenvalue weighted by atomic mass is 10.1. The molecule has 19 heavy (non-hydrogen) atoms. The Bertz CT molecular complexity index is 547. The molecule has 6 heteroatoms. The largest absolute Gasteiger partial charge is 0.469 e. The van der Waals surface area contributed by atoms with E-state index in [1.165, 1.54) is 18.1 Å². The highest BCUT2D eigenvalue weighted by molar-refractivity contribution is 9.10. The van der Waals surface area contributed by atoms with Crippen LogP contribution in [0.1, 0.15) is 12.0 Å². The van der Waals surface area contributed by atoms with E-state index in [1.807, 2.05) is 6.92 Å². The molecule has 1 aromatic carbocycles. The Balaban J connectivity index is 2.30. The Kier molecular flexibility index (Phi) is 3.89. The van der Waals surface area contributed by atoms with Crippen molar-refractivity contribution in [3.8, 4) is 0 Å². The van der Waals surface area contributed by atoms with Gasteiger partial charge < -0.3 is 9.64 Å². The number of hydrogen-bond acceptors (Lipinski definition) is 3. The molecule has 0 aliphatic carbocycles. The van der Waals surface area contributed by atoms with Crippen molar-refractivity contribution in [2.75, 3.05) is 18.6 Å². The standard InChI is InChI=1S/C13H13BrFNO3/c1-7-3-11(10(15)5-9(7)14)16-6-8(4-12(16)17)13(18)19-2/h3,5,8H,4,6H2,1-2H3. The van der Waals surface area contributed by atoms with Crippen LogP contribution in [-0.4, -0.2) is 25.5 Å². The number of esters is 1. The molecule has 0 saturated carbocycles. The topological polar surface area (TPSA) is 46.6 Å². The molecule has 0 bridgehead atoms. The number of hydrogen-bond donors (Lipinski definition) is 0. The van der Waals surface area contributed by atoms with Crippen LogP contribution in [0.15, 0.2) is 16.6 Å². The minimum absolute atomic E-state index is 0.0568. The minimum atomic E-state index is -0.527. The molecule has 0 radical (unpaired) electrons. The number of benzene rings is 1. The minimum Gasteiger partial charge on any atom is -0.469 e. The molecule has 1 aromatic rings. The van der Waals surface area contributed by atoms with Crippen molar-refractivity contribution in [1.82, 2.24) is 0 Å². The molecule has 4 nitrogen and oxygen atoms in total. The third-order valence-corrected chi connectivity index (χ3v) is 4.03. The number of anilines is 1. The smallest absolute Gasteiger partial charge is 0.311 e. The van der Waals surface area contributed by atoms with E-state index in [0.29, 0.717) is 4.47 Å². The number of ether oxygens (including phenoxy) is 1. The number of rotatable bonds is 2. The van der Waals surface area contributed by atoms with Gasteiger partial charge in [-0.1, -0.05) is 15.9 Å². The van der Waals surface area contributed by atoms with Crippen molar-refractivity contribution in [3.05, 3.63) is 28.0 Å². The van der Waals surface area contributed by atoms with Crippen molar-refractivity contribution < 1.29 is 18.7 Å². The van der Waals surface area contributed by atoms with E-state index < -0.39 is 17.7 Å². The Morgan fingerprint density at radius 2 is 2.21 bits per heavy atom. The van der Waals surface area contributed by atoms with E-state index in [-0.39, 0.29) is 24.6 Å². The van der Waals surface area contributed by atoms with Crippen LogP contribution in [0.2, 0.25) is 0 Å². The number of amides is 1. The lowest BCUT2D eigenvalue weighted by Gasteiger charge is -2.18. The van der Waals surface area contributed by atoms with Crippen LogP contribution in [-0.2, 0) is 14.3 Å². The van der Waals surface area contributed by atoms with Crippen LogP contribution >= 0.6 is 15.9 Å². The SMILES string of the molecule is COC(=O)C1CC(=O)N(c2cc(C)c(Br)cc2F)C1. The zero-order chi connectivity index (χ0) is 14.2. The van der Waals surface area contributed by atoms with Crippen molar-refractivity contribution in [1.29, 1.82) is 0 Å². The average molecular weight is 330 g/mol. The van der Waals surface area contributed by atoms with Gasteiger partial charge in [0, 0.05) is 17.4 Å². The zero-order valence-electron chi connectivity index (χ0n) is 10.6. The Morgan fingerprint density at radius 1 is 1.53 bits per heavy atom. The molecule has 0 aromatic heterocycles. The lowest BCUT2D eigenvalue weighted by Crippen LogP contribution is -2.27. The quantitative estimate of drug-likeness (QED) is 0.783. The van der Waals surface area contributed by atoms with E-state index >= 15 is 0 Å². The van der Waals surface area contributed by atoms with Crippen molar-refractivity contribution in [2.24, 2.45) is 5.92 Å². The summed E-state index contributed by atoms with van der Waals surface area (Å²) in [6.45, 7) is 1.97. The maximum Gasteiger partial charge on any atom is 0.311 e. The fraction of sp³-hybridized carbons (Fsp3) is 0.385. The van der Waals surface area contributed by atoms with Gasteiger partial charge in [0.25, 0.3) is 0 Å². The second kappa shape index (κ2) is 5.28. The fourth-order valence-electron chi connectivity index (χ4n) is 2.11. The first-order chi connectivity index (χ1) is 8.93. The van der Waals surface area contributed by atoms with Crippen LogP contribution in [0.25, 0.3) is 0 Å². The summed E-state index contributed by atoms with van der Waals surface area (Å²) < 4.78 is 19.2. The Labute approximate surface area is 118 Å². The second-order valence-corrected chi connectivity index (χ2v) is 5.34. The molecule has 1 unspecified atom stereocenters. The maximum atomic E-state index is 13.9. The summed E-state index contributed by atoms with van der Waals surface area (Å²) in [4.78, 5) is 24.6. The highest BCUT2D eigenvalue weighted by Gasteiger charge is 2.36. The molecular formula is C13H13BrFNO3. The Hall–Kier alpha value is -1.43. The summed E-state index contributed by atoms with van der Waals surface area (Å²) >= 11 is 3.23. The third kappa shape index (κ3) is 2.63. The molecule has 1 atom stereocenters. The lowest BCUT2D eigenvalue weighted by molar-refractivity contribution is -0.145. The first-order valence-electron chi connectivity index (χ1n) is 5.78. The maximum absolute atomic E-state index is 13.9. The van der Waals surface area contributed by atoms with Crippen molar-refractivity contribution in [3.63, 3.8) is 0 Å². The number of methoxy groups -OCH3 is 1. The predicted octanol–water partition coefficient (Wildman–Crippen LogP) is 2.42. The first kappa shape index (κ1) is 14.0. The molecule has 1 saturated heterocycles. The zero-order valence-corrected chi connectivity index (χ0v) is 12.2. The molecule has 102 valence electrons. The summed E-state index contributed by atoms with van der Waals surface area (Å²) in [5.41, 5.74) is 1.03. The van der Waals surface area contributed by atoms with Crippen LogP contribution < -0.4 is 4.90 Å². The monoisotopic (exact) mass is 329 g/mol.